The summed E-state index contributed by atoms with van der Waals surface area (Å²) < 4.78 is 5.09. The van der Waals surface area contributed by atoms with Crippen LogP contribution in [0, 0.1) is 11.8 Å². The fraction of sp³-hybridized carbons (Fsp3) is 0.400. The molecule has 2 atom stereocenters. The summed E-state index contributed by atoms with van der Waals surface area (Å²) in [5, 5.41) is 6.37. The number of hydrogen-bond acceptors (Lipinski definition) is 3. The Kier molecular flexibility index (Phi) is 3.25. The van der Waals surface area contributed by atoms with Crippen LogP contribution in [0.1, 0.15) is 5.56 Å². The molecule has 2 fully saturated rings. The summed E-state index contributed by atoms with van der Waals surface area (Å²) >= 11 is 0. The zero-order valence-corrected chi connectivity index (χ0v) is 10.9. The summed E-state index contributed by atoms with van der Waals surface area (Å²) in [5.74, 6) is 2.12. The van der Waals surface area contributed by atoms with Crippen LogP contribution in [0.4, 0.5) is 0 Å². The van der Waals surface area contributed by atoms with Crippen LogP contribution in [0.15, 0.2) is 30.3 Å². The average Bonchev–Trinajstić information content (AvgIpc) is 2.89. The van der Waals surface area contributed by atoms with Crippen molar-refractivity contribution < 1.29 is 9.53 Å². The second-order valence-corrected chi connectivity index (χ2v) is 5.13. The van der Waals surface area contributed by atoms with E-state index in [1.807, 2.05) is 30.3 Å². The molecule has 1 aromatic rings. The number of hydrogen-bond donors (Lipinski definition) is 2. The van der Waals surface area contributed by atoms with Gasteiger partial charge in [-0.25, -0.2) is 0 Å². The summed E-state index contributed by atoms with van der Waals surface area (Å²) in [7, 11) is 1.64. The van der Waals surface area contributed by atoms with Gasteiger partial charge in [0.25, 0.3) is 0 Å². The number of nitrogens with one attached hydrogen (secondary N) is 2. The highest BCUT2D eigenvalue weighted by Gasteiger charge is 2.53. The number of amides is 1. The van der Waals surface area contributed by atoms with Crippen molar-refractivity contribution in [2.45, 2.75) is 6.04 Å². The first-order chi connectivity index (χ1) is 9.28. The normalized spacial score (nSPS) is 28.2. The zero-order chi connectivity index (χ0) is 13.2. The predicted octanol–water partition coefficient (Wildman–Crippen LogP) is 1.04. The number of methoxy groups -OCH3 is 1. The molecule has 0 radical (unpaired) electrons. The molecule has 1 amide bonds. The maximum atomic E-state index is 11.8. The van der Waals surface area contributed by atoms with Gasteiger partial charge in [0.1, 0.15) is 5.75 Å². The van der Waals surface area contributed by atoms with Crippen LogP contribution in [0.3, 0.4) is 0 Å². The van der Waals surface area contributed by atoms with Gasteiger partial charge in [0.15, 0.2) is 0 Å². The summed E-state index contributed by atoms with van der Waals surface area (Å²) in [6.07, 6.45) is 3.43. The maximum absolute atomic E-state index is 11.8. The maximum Gasteiger partial charge on any atom is 0.244 e. The van der Waals surface area contributed by atoms with Gasteiger partial charge in [-0.3, -0.25) is 4.79 Å². The van der Waals surface area contributed by atoms with Gasteiger partial charge in [-0.05, 0) is 35.6 Å². The van der Waals surface area contributed by atoms with Crippen molar-refractivity contribution in [1.82, 2.24) is 10.6 Å². The third-order valence-corrected chi connectivity index (χ3v) is 3.94. The number of benzene rings is 1. The Labute approximate surface area is 112 Å². The van der Waals surface area contributed by atoms with Crippen molar-refractivity contribution in [1.29, 1.82) is 0 Å². The Balaban J connectivity index is 1.52. The van der Waals surface area contributed by atoms with Crippen molar-refractivity contribution >= 4 is 12.0 Å². The third kappa shape index (κ3) is 2.63. The smallest absolute Gasteiger partial charge is 0.244 e. The van der Waals surface area contributed by atoms with E-state index < -0.39 is 0 Å². The van der Waals surface area contributed by atoms with E-state index in [-0.39, 0.29) is 5.91 Å². The molecule has 1 saturated carbocycles. The van der Waals surface area contributed by atoms with Crippen LogP contribution in [0.5, 0.6) is 5.75 Å². The Bertz CT molecular complexity index is 485. The minimum Gasteiger partial charge on any atom is -0.497 e. The minimum atomic E-state index is -0.00443. The van der Waals surface area contributed by atoms with Gasteiger partial charge in [-0.2, -0.15) is 0 Å². The third-order valence-electron chi connectivity index (χ3n) is 3.94. The molecule has 1 saturated heterocycles. The molecule has 1 aliphatic heterocycles. The van der Waals surface area contributed by atoms with E-state index in [9.17, 15) is 4.79 Å². The quantitative estimate of drug-likeness (QED) is 0.793. The number of rotatable bonds is 4. The van der Waals surface area contributed by atoms with E-state index in [1.165, 1.54) is 0 Å². The lowest BCUT2D eigenvalue weighted by molar-refractivity contribution is -0.116. The van der Waals surface area contributed by atoms with Gasteiger partial charge < -0.3 is 15.4 Å². The second-order valence-electron chi connectivity index (χ2n) is 5.13. The number of carbonyl (C=O) groups is 1. The van der Waals surface area contributed by atoms with Crippen LogP contribution in [0.2, 0.25) is 0 Å². The lowest BCUT2D eigenvalue weighted by atomic mass is 10.2. The van der Waals surface area contributed by atoms with Crippen molar-refractivity contribution in [2.75, 3.05) is 20.2 Å². The van der Waals surface area contributed by atoms with Gasteiger partial charge in [0, 0.05) is 25.2 Å². The van der Waals surface area contributed by atoms with E-state index in [0.29, 0.717) is 17.9 Å². The molecule has 100 valence electrons. The molecule has 19 heavy (non-hydrogen) atoms. The Hall–Kier alpha value is -1.81. The predicted molar refractivity (Wildman–Crippen MR) is 73.8 cm³/mol. The number of ether oxygens (including phenoxy) is 1. The van der Waals surface area contributed by atoms with E-state index in [2.05, 4.69) is 10.6 Å². The lowest BCUT2D eigenvalue weighted by Crippen LogP contribution is -2.31. The molecule has 4 nitrogen and oxygen atoms in total. The molecule has 1 aromatic carbocycles. The number of fused-ring (bicyclic) bond motifs is 1. The monoisotopic (exact) mass is 258 g/mol. The van der Waals surface area contributed by atoms with Crippen LogP contribution in [-0.4, -0.2) is 32.1 Å². The van der Waals surface area contributed by atoms with Gasteiger partial charge in [-0.1, -0.05) is 12.1 Å². The molecule has 0 bridgehead atoms. The Morgan fingerprint density at radius 3 is 2.63 bits per heavy atom. The van der Waals surface area contributed by atoms with E-state index in [0.717, 1.165) is 24.4 Å². The fourth-order valence-corrected chi connectivity index (χ4v) is 2.73. The van der Waals surface area contributed by atoms with Crippen LogP contribution in [-0.2, 0) is 4.79 Å². The van der Waals surface area contributed by atoms with E-state index in [4.69, 9.17) is 4.74 Å². The fourth-order valence-electron chi connectivity index (χ4n) is 2.73. The molecule has 3 rings (SSSR count). The van der Waals surface area contributed by atoms with Crippen LogP contribution >= 0.6 is 0 Å². The molecule has 0 spiro atoms. The van der Waals surface area contributed by atoms with E-state index >= 15 is 0 Å². The molecule has 2 N–H and O–H groups in total. The van der Waals surface area contributed by atoms with Gasteiger partial charge in [0.05, 0.1) is 7.11 Å². The molecule has 2 aliphatic rings. The lowest BCUT2D eigenvalue weighted by Gasteiger charge is -2.04. The zero-order valence-electron chi connectivity index (χ0n) is 10.9. The summed E-state index contributed by atoms with van der Waals surface area (Å²) in [4.78, 5) is 11.8. The second kappa shape index (κ2) is 5.05. The largest absolute Gasteiger partial charge is 0.497 e. The number of piperidine rings is 1. The van der Waals surface area contributed by atoms with Crippen LogP contribution in [0.25, 0.3) is 6.08 Å². The van der Waals surface area contributed by atoms with Crippen molar-refractivity contribution in [3.8, 4) is 5.75 Å². The van der Waals surface area contributed by atoms with Crippen molar-refractivity contribution in [2.24, 2.45) is 11.8 Å². The van der Waals surface area contributed by atoms with Gasteiger partial charge >= 0.3 is 0 Å². The molecular weight excluding hydrogens is 240 g/mol. The highest BCUT2D eigenvalue weighted by Crippen LogP contribution is 2.41. The van der Waals surface area contributed by atoms with Crippen molar-refractivity contribution in [3.05, 3.63) is 35.9 Å². The first kappa shape index (κ1) is 12.2. The SMILES string of the molecule is COc1ccc(/C=C/C(=O)NC2C3CNCC32)cc1. The first-order valence-electron chi connectivity index (χ1n) is 6.61. The molecule has 4 heteroatoms. The highest BCUT2D eigenvalue weighted by molar-refractivity contribution is 5.92. The highest BCUT2D eigenvalue weighted by atomic mass is 16.5. The van der Waals surface area contributed by atoms with Crippen LogP contribution < -0.4 is 15.4 Å². The topological polar surface area (TPSA) is 50.4 Å². The average molecular weight is 258 g/mol. The minimum absolute atomic E-state index is 0.00443. The van der Waals surface area contributed by atoms with Crippen molar-refractivity contribution in [3.63, 3.8) is 0 Å². The molecule has 0 aromatic heterocycles. The van der Waals surface area contributed by atoms with Gasteiger partial charge in [0.2, 0.25) is 5.91 Å². The molecular formula is C15H18N2O2. The number of carbonyl (C=O) groups excluding carboxylic acids is 1. The Morgan fingerprint density at radius 2 is 2.00 bits per heavy atom. The molecule has 2 unspecified atom stereocenters. The standard InChI is InChI=1S/C15H18N2O2/c1-19-11-5-2-10(3-6-11)4-7-14(18)17-15-12-8-16-9-13(12)15/h2-7,12-13,15-16H,8-9H2,1H3,(H,17,18)/b7-4+. The Morgan fingerprint density at radius 1 is 1.32 bits per heavy atom. The summed E-state index contributed by atoms with van der Waals surface area (Å²) in [6, 6.07) is 8.01. The molecule has 1 aliphatic carbocycles. The van der Waals surface area contributed by atoms with E-state index in [1.54, 1.807) is 13.2 Å². The summed E-state index contributed by atoms with van der Waals surface area (Å²) in [6.45, 7) is 2.08. The first-order valence-corrected chi connectivity index (χ1v) is 6.61. The van der Waals surface area contributed by atoms with Gasteiger partial charge in [-0.15, -0.1) is 0 Å². The molecule has 1 heterocycles. The summed E-state index contributed by atoms with van der Waals surface area (Å²) in [5.41, 5.74) is 0.994.